The number of hydrogen-bond acceptors (Lipinski definition) is 5. The fourth-order valence-electron chi connectivity index (χ4n) is 2.25. The van der Waals surface area contributed by atoms with Gasteiger partial charge in [0, 0.05) is 33.9 Å². The summed E-state index contributed by atoms with van der Waals surface area (Å²) >= 11 is 0. The van der Waals surface area contributed by atoms with Gasteiger partial charge in [-0.25, -0.2) is 4.79 Å². The normalized spacial score (nSPS) is 11.2. The highest BCUT2D eigenvalue weighted by molar-refractivity contribution is 5.74. The van der Waals surface area contributed by atoms with Crippen molar-refractivity contribution in [2.45, 2.75) is 26.4 Å². The van der Waals surface area contributed by atoms with E-state index < -0.39 is 11.2 Å². The quantitative estimate of drug-likeness (QED) is 0.726. The first-order valence-corrected chi connectivity index (χ1v) is 6.54. The Bertz CT molecular complexity index is 712. The smallest absolute Gasteiger partial charge is 0.330 e. The largest absolute Gasteiger partial charge is 0.385 e. The van der Waals surface area contributed by atoms with Gasteiger partial charge in [-0.05, 0) is 13.3 Å². The highest BCUT2D eigenvalue weighted by Gasteiger charge is 2.16. The zero-order valence-corrected chi connectivity index (χ0v) is 11.9. The summed E-state index contributed by atoms with van der Waals surface area (Å²) in [6, 6.07) is 0. The van der Waals surface area contributed by atoms with Crippen LogP contribution >= 0.6 is 0 Å². The summed E-state index contributed by atoms with van der Waals surface area (Å²) in [6.07, 6.45) is 0.672. The molecule has 0 spiro atoms. The predicted molar refractivity (Wildman–Crippen MR) is 76.3 cm³/mol. The Morgan fingerprint density at radius 3 is 2.70 bits per heavy atom. The number of nitrogens with zero attached hydrogens (tertiary/aromatic N) is 3. The van der Waals surface area contributed by atoms with Crippen LogP contribution in [0.5, 0.6) is 0 Å². The van der Waals surface area contributed by atoms with Gasteiger partial charge in [0.25, 0.3) is 5.56 Å². The zero-order chi connectivity index (χ0) is 14.7. The van der Waals surface area contributed by atoms with Gasteiger partial charge in [0.05, 0.1) is 0 Å². The number of H-pyrrole nitrogens is 1. The molecule has 0 bridgehead atoms. The van der Waals surface area contributed by atoms with Crippen LogP contribution in [0, 0.1) is 0 Å². The first kappa shape index (κ1) is 14.3. The summed E-state index contributed by atoms with van der Waals surface area (Å²) in [5.74, 6) is 0.569. The lowest BCUT2D eigenvalue weighted by Crippen LogP contribution is -2.31. The maximum atomic E-state index is 12.0. The standard InChI is InChI=1S/C12H19N5O3/c1-4-16-8-9(14-11(16)13-2)17(6-5-7-20-3)12(19)15-10(8)18/h4-7H2,1-3H3,(H,13,14)(H,15,18,19). The van der Waals surface area contributed by atoms with Crippen LogP contribution in [0.1, 0.15) is 13.3 Å². The lowest BCUT2D eigenvalue weighted by atomic mass is 10.4. The van der Waals surface area contributed by atoms with Gasteiger partial charge in [-0.2, -0.15) is 4.98 Å². The Hall–Kier alpha value is -2.09. The van der Waals surface area contributed by atoms with Gasteiger partial charge in [0.15, 0.2) is 11.2 Å². The van der Waals surface area contributed by atoms with Gasteiger partial charge >= 0.3 is 5.69 Å². The molecule has 8 heteroatoms. The van der Waals surface area contributed by atoms with Crippen LogP contribution in [0.4, 0.5) is 5.95 Å². The van der Waals surface area contributed by atoms with Crippen molar-refractivity contribution in [2.24, 2.45) is 0 Å². The average Bonchev–Trinajstić information content (AvgIpc) is 2.81. The van der Waals surface area contributed by atoms with Gasteiger partial charge in [-0.3, -0.25) is 14.3 Å². The topological polar surface area (TPSA) is 93.9 Å². The number of nitrogens with one attached hydrogen (secondary N) is 2. The first-order valence-electron chi connectivity index (χ1n) is 6.54. The molecular weight excluding hydrogens is 262 g/mol. The number of imidazole rings is 1. The van der Waals surface area contributed by atoms with Gasteiger partial charge in [-0.15, -0.1) is 0 Å². The summed E-state index contributed by atoms with van der Waals surface area (Å²) in [6.45, 7) is 3.50. The second-order valence-electron chi connectivity index (χ2n) is 4.36. The summed E-state index contributed by atoms with van der Waals surface area (Å²) in [7, 11) is 3.34. The van der Waals surface area contributed by atoms with E-state index >= 15 is 0 Å². The number of aryl methyl sites for hydroxylation is 2. The van der Waals surface area contributed by atoms with Crippen molar-refractivity contribution >= 4 is 17.1 Å². The Morgan fingerprint density at radius 2 is 2.10 bits per heavy atom. The monoisotopic (exact) mass is 281 g/mol. The zero-order valence-electron chi connectivity index (χ0n) is 11.9. The van der Waals surface area contributed by atoms with E-state index in [-0.39, 0.29) is 0 Å². The average molecular weight is 281 g/mol. The lowest BCUT2D eigenvalue weighted by Gasteiger charge is -2.06. The molecule has 2 heterocycles. The van der Waals surface area contributed by atoms with Crippen molar-refractivity contribution < 1.29 is 4.74 Å². The molecule has 2 aromatic rings. The third kappa shape index (κ3) is 2.34. The molecule has 0 atom stereocenters. The molecule has 0 aliphatic carbocycles. The highest BCUT2D eigenvalue weighted by atomic mass is 16.5. The van der Waals surface area contributed by atoms with Crippen LogP contribution in [0.25, 0.3) is 11.2 Å². The van der Waals surface area contributed by atoms with Crippen molar-refractivity contribution in [1.29, 1.82) is 0 Å². The fraction of sp³-hybridized carbons (Fsp3) is 0.583. The summed E-state index contributed by atoms with van der Waals surface area (Å²) < 4.78 is 8.21. The van der Waals surface area contributed by atoms with Crippen molar-refractivity contribution in [2.75, 3.05) is 26.1 Å². The molecule has 0 aromatic carbocycles. The maximum absolute atomic E-state index is 12.0. The Balaban J connectivity index is 2.66. The maximum Gasteiger partial charge on any atom is 0.330 e. The number of fused-ring (bicyclic) bond motifs is 1. The second kappa shape index (κ2) is 5.91. The number of methoxy groups -OCH3 is 1. The molecule has 0 aliphatic heterocycles. The molecule has 2 N–H and O–H groups in total. The molecule has 0 saturated heterocycles. The Morgan fingerprint density at radius 1 is 1.35 bits per heavy atom. The summed E-state index contributed by atoms with van der Waals surface area (Å²) in [4.78, 5) is 30.7. The molecular formula is C12H19N5O3. The molecule has 110 valence electrons. The molecule has 2 aromatic heterocycles. The molecule has 0 aliphatic rings. The molecule has 0 fully saturated rings. The molecule has 0 saturated carbocycles. The van der Waals surface area contributed by atoms with E-state index in [1.54, 1.807) is 18.7 Å². The molecule has 8 nitrogen and oxygen atoms in total. The number of ether oxygens (including phenoxy) is 1. The van der Waals surface area contributed by atoms with Crippen molar-refractivity contribution in [3.63, 3.8) is 0 Å². The third-order valence-corrected chi connectivity index (χ3v) is 3.16. The van der Waals surface area contributed by atoms with Gasteiger partial charge in [-0.1, -0.05) is 0 Å². The van der Waals surface area contributed by atoms with E-state index in [4.69, 9.17) is 4.74 Å². The minimum Gasteiger partial charge on any atom is -0.385 e. The van der Waals surface area contributed by atoms with E-state index in [1.807, 2.05) is 6.92 Å². The third-order valence-electron chi connectivity index (χ3n) is 3.16. The van der Waals surface area contributed by atoms with E-state index in [0.29, 0.717) is 43.2 Å². The van der Waals surface area contributed by atoms with E-state index in [0.717, 1.165) is 0 Å². The SMILES string of the molecule is CCn1c(NC)nc2c1c(=O)[nH]c(=O)n2CCCOC. The molecule has 0 radical (unpaired) electrons. The van der Waals surface area contributed by atoms with Gasteiger partial charge in [0.1, 0.15) is 0 Å². The molecule has 2 rings (SSSR count). The number of aromatic amines is 1. The van der Waals surface area contributed by atoms with E-state index in [9.17, 15) is 9.59 Å². The molecule has 0 amide bonds. The van der Waals surface area contributed by atoms with E-state index in [2.05, 4.69) is 15.3 Å². The van der Waals surface area contributed by atoms with Crippen molar-refractivity contribution in [1.82, 2.24) is 19.1 Å². The van der Waals surface area contributed by atoms with Gasteiger partial charge < -0.3 is 14.6 Å². The van der Waals surface area contributed by atoms with Crippen LogP contribution in [-0.4, -0.2) is 39.9 Å². The predicted octanol–water partition coefficient (Wildman–Crippen LogP) is -0.0156. The summed E-state index contributed by atoms with van der Waals surface area (Å²) in [5, 5.41) is 2.94. The fourth-order valence-corrected chi connectivity index (χ4v) is 2.25. The Labute approximate surface area is 115 Å². The number of hydrogen-bond donors (Lipinski definition) is 2. The lowest BCUT2D eigenvalue weighted by molar-refractivity contribution is 0.190. The summed E-state index contributed by atoms with van der Waals surface area (Å²) in [5.41, 5.74) is -0.0410. The Kier molecular flexibility index (Phi) is 4.23. The van der Waals surface area contributed by atoms with Crippen LogP contribution < -0.4 is 16.6 Å². The minimum absolute atomic E-state index is 0.404. The molecule has 20 heavy (non-hydrogen) atoms. The molecule has 0 unspecified atom stereocenters. The van der Waals surface area contributed by atoms with Crippen molar-refractivity contribution in [3.05, 3.63) is 20.8 Å². The van der Waals surface area contributed by atoms with Crippen LogP contribution in [0.2, 0.25) is 0 Å². The van der Waals surface area contributed by atoms with E-state index in [1.165, 1.54) is 4.57 Å². The number of aromatic nitrogens is 4. The number of anilines is 1. The van der Waals surface area contributed by atoms with Crippen molar-refractivity contribution in [3.8, 4) is 0 Å². The second-order valence-corrected chi connectivity index (χ2v) is 4.36. The van der Waals surface area contributed by atoms with Crippen LogP contribution in [-0.2, 0) is 17.8 Å². The first-order chi connectivity index (χ1) is 9.63. The highest BCUT2D eigenvalue weighted by Crippen LogP contribution is 2.14. The van der Waals surface area contributed by atoms with Crippen LogP contribution in [0.15, 0.2) is 9.59 Å². The number of rotatable bonds is 6. The van der Waals surface area contributed by atoms with Gasteiger partial charge in [0.2, 0.25) is 5.95 Å². The minimum atomic E-state index is -0.443. The van der Waals surface area contributed by atoms with Crippen LogP contribution in [0.3, 0.4) is 0 Å².